The van der Waals surface area contributed by atoms with E-state index in [2.05, 4.69) is 30.8 Å². The van der Waals surface area contributed by atoms with Crippen molar-refractivity contribution in [1.29, 1.82) is 0 Å². The predicted octanol–water partition coefficient (Wildman–Crippen LogP) is 4.98. The lowest BCUT2D eigenvalue weighted by Crippen LogP contribution is -2.38. The predicted molar refractivity (Wildman–Crippen MR) is 111 cm³/mol. The van der Waals surface area contributed by atoms with E-state index in [-0.39, 0.29) is 18.2 Å². The Kier molecular flexibility index (Phi) is 8.24. The van der Waals surface area contributed by atoms with Crippen molar-refractivity contribution in [1.82, 2.24) is 5.06 Å². The van der Waals surface area contributed by atoms with Gasteiger partial charge in [0, 0.05) is 0 Å². The number of rotatable bonds is 11. The fourth-order valence-corrected chi connectivity index (χ4v) is 3.75. The molecule has 3 unspecified atom stereocenters. The van der Waals surface area contributed by atoms with Crippen LogP contribution in [0.5, 0.6) is 0 Å². The van der Waals surface area contributed by atoms with Crippen LogP contribution in [0.2, 0.25) is 0 Å². The highest BCUT2D eigenvalue weighted by Gasteiger charge is 2.41. The highest BCUT2D eigenvalue weighted by Crippen LogP contribution is 2.30. The molecule has 0 spiro atoms. The van der Waals surface area contributed by atoms with Gasteiger partial charge < -0.3 is 14.7 Å². The summed E-state index contributed by atoms with van der Waals surface area (Å²) in [7, 11) is 0. The summed E-state index contributed by atoms with van der Waals surface area (Å²) >= 11 is 0. The Balaban J connectivity index is 1.54. The van der Waals surface area contributed by atoms with E-state index in [9.17, 15) is 5.21 Å². The third-order valence-electron chi connectivity index (χ3n) is 5.28. The largest absolute Gasteiger partial charge is 0.375 e. The number of ether oxygens (including phenoxy) is 2. The van der Waals surface area contributed by atoms with Crippen LogP contribution in [0.15, 0.2) is 73.3 Å². The molecule has 1 aliphatic rings. The minimum atomic E-state index is -0.0433. The van der Waals surface area contributed by atoms with Crippen LogP contribution in [0.4, 0.5) is 0 Å². The summed E-state index contributed by atoms with van der Waals surface area (Å²) in [6.07, 6.45) is 5.53. The average Bonchev–Trinajstić information content (AvgIpc) is 3.03. The molecular formula is C24H31NO3. The van der Waals surface area contributed by atoms with Crippen LogP contribution in [0.25, 0.3) is 0 Å². The molecule has 1 aliphatic heterocycles. The second-order valence-corrected chi connectivity index (χ2v) is 7.39. The summed E-state index contributed by atoms with van der Waals surface area (Å²) in [6.45, 7) is 5.41. The maximum Gasteiger partial charge on any atom is 0.0774 e. The van der Waals surface area contributed by atoms with E-state index in [1.54, 1.807) is 0 Å². The Labute approximate surface area is 168 Å². The van der Waals surface area contributed by atoms with Crippen molar-refractivity contribution in [2.75, 3.05) is 6.61 Å². The standard InChI is InChI=1S/C24H31NO3/c1-2-3-6-15-23-24(28-18-21-13-9-5-10-14-21)16-22(25(23)26)19-27-17-20-11-7-4-8-12-20/h2,4-5,7-14,22-24,26H,1,3,6,15-19H2. The zero-order valence-electron chi connectivity index (χ0n) is 16.5. The molecule has 1 fully saturated rings. The monoisotopic (exact) mass is 381 g/mol. The van der Waals surface area contributed by atoms with Crippen LogP contribution in [-0.4, -0.2) is 35.1 Å². The average molecular weight is 382 g/mol. The van der Waals surface area contributed by atoms with Gasteiger partial charge in [-0.25, -0.2) is 0 Å². The summed E-state index contributed by atoms with van der Waals surface area (Å²) in [4.78, 5) is 0. The topological polar surface area (TPSA) is 41.9 Å². The van der Waals surface area contributed by atoms with Gasteiger partial charge in [0.15, 0.2) is 0 Å². The van der Waals surface area contributed by atoms with Gasteiger partial charge in [0.2, 0.25) is 0 Å². The summed E-state index contributed by atoms with van der Waals surface area (Å²) < 4.78 is 12.1. The number of hydrogen-bond donors (Lipinski definition) is 1. The van der Waals surface area contributed by atoms with Crippen LogP contribution in [0.1, 0.15) is 36.8 Å². The molecule has 1 heterocycles. The molecule has 1 N–H and O–H groups in total. The molecular weight excluding hydrogens is 350 g/mol. The van der Waals surface area contributed by atoms with Crippen molar-refractivity contribution in [3.63, 3.8) is 0 Å². The van der Waals surface area contributed by atoms with Gasteiger partial charge in [-0.1, -0.05) is 66.7 Å². The molecule has 0 saturated carbocycles. The van der Waals surface area contributed by atoms with E-state index < -0.39 is 0 Å². The van der Waals surface area contributed by atoms with Crippen molar-refractivity contribution in [2.45, 2.75) is 57.1 Å². The number of nitrogens with zero attached hydrogens (tertiary/aromatic N) is 1. The quantitative estimate of drug-likeness (QED) is 0.440. The van der Waals surface area contributed by atoms with Crippen LogP contribution in [0, 0.1) is 0 Å². The van der Waals surface area contributed by atoms with Crippen molar-refractivity contribution >= 4 is 0 Å². The number of allylic oxidation sites excluding steroid dienone is 1. The molecule has 150 valence electrons. The second kappa shape index (κ2) is 11.1. The minimum Gasteiger partial charge on any atom is -0.375 e. The van der Waals surface area contributed by atoms with E-state index >= 15 is 0 Å². The molecule has 0 aromatic heterocycles. The number of benzene rings is 2. The second-order valence-electron chi connectivity index (χ2n) is 7.39. The molecule has 4 nitrogen and oxygen atoms in total. The van der Waals surface area contributed by atoms with Crippen LogP contribution >= 0.6 is 0 Å². The highest BCUT2D eigenvalue weighted by atomic mass is 16.5. The third kappa shape index (κ3) is 6.01. The first-order valence-corrected chi connectivity index (χ1v) is 10.1. The summed E-state index contributed by atoms with van der Waals surface area (Å²) in [5, 5.41) is 12.2. The van der Waals surface area contributed by atoms with Crippen molar-refractivity contribution in [2.24, 2.45) is 0 Å². The number of hydroxylamine groups is 2. The Hall–Kier alpha value is -1.98. The zero-order chi connectivity index (χ0) is 19.6. The van der Waals surface area contributed by atoms with E-state index in [0.29, 0.717) is 19.8 Å². The smallest absolute Gasteiger partial charge is 0.0774 e. The lowest BCUT2D eigenvalue weighted by molar-refractivity contribution is -0.160. The van der Waals surface area contributed by atoms with Crippen LogP contribution < -0.4 is 0 Å². The fraction of sp³-hybridized carbons (Fsp3) is 0.417. The third-order valence-corrected chi connectivity index (χ3v) is 5.28. The highest BCUT2D eigenvalue weighted by molar-refractivity contribution is 5.14. The first-order chi connectivity index (χ1) is 13.8. The van der Waals surface area contributed by atoms with Gasteiger partial charge >= 0.3 is 0 Å². The van der Waals surface area contributed by atoms with Gasteiger partial charge in [0.1, 0.15) is 0 Å². The SMILES string of the molecule is C=CCCCC1C(OCc2ccccc2)CC(COCc2ccccc2)N1O. The number of hydrogen-bond acceptors (Lipinski definition) is 4. The molecule has 0 aliphatic carbocycles. The minimum absolute atomic E-state index is 0.000321. The van der Waals surface area contributed by atoms with Crippen molar-refractivity contribution in [3.05, 3.63) is 84.4 Å². The molecule has 2 aromatic carbocycles. The Morgan fingerprint density at radius 1 is 1.00 bits per heavy atom. The first kappa shape index (κ1) is 20.7. The Morgan fingerprint density at radius 3 is 2.29 bits per heavy atom. The van der Waals surface area contributed by atoms with Crippen molar-refractivity contribution < 1.29 is 14.7 Å². The normalized spacial score (nSPS) is 22.4. The Bertz CT molecular complexity index is 692. The van der Waals surface area contributed by atoms with Gasteiger partial charge in [-0.3, -0.25) is 0 Å². The molecule has 3 rings (SSSR count). The molecule has 3 atom stereocenters. The molecule has 0 amide bonds. The lowest BCUT2D eigenvalue weighted by atomic mass is 10.0. The van der Waals surface area contributed by atoms with E-state index in [1.165, 1.54) is 5.06 Å². The van der Waals surface area contributed by atoms with E-state index in [0.717, 1.165) is 36.8 Å². The maximum atomic E-state index is 10.8. The molecule has 2 aromatic rings. The molecule has 4 heteroatoms. The summed E-state index contributed by atoms with van der Waals surface area (Å²) in [6, 6.07) is 20.3. The molecule has 0 radical (unpaired) electrons. The van der Waals surface area contributed by atoms with Gasteiger partial charge in [0.05, 0.1) is 38.0 Å². The molecule has 0 bridgehead atoms. The zero-order valence-corrected chi connectivity index (χ0v) is 16.5. The van der Waals surface area contributed by atoms with Gasteiger partial charge in [-0.2, -0.15) is 5.06 Å². The van der Waals surface area contributed by atoms with Gasteiger partial charge in [-0.05, 0) is 36.8 Å². The first-order valence-electron chi connectivity index (χ1n) is 10.1. The summed E-state index contributed by atoms with van der Waals surface area (Å²) in [5.41, 5.74) is 2.30. The molecule has 28 heavy (non-hydrogen) atoms. The maximum absolute atomic E-state index is 10.8. The lowest BCUT2D eigenvalue weighted by Gasteiger charge is -2.25. The van der Waals surface area contributed by atoms with Crippen LogP contribution in [-0.2, 0) is 22.7 Å². The van der Waals surface area contributed by atoms with Crippen molar-refractivity contribution in [3.8, 4) is 0 Å². The summed E-state index contributed by atoms with van der Waals surface area (Å²) in [5.74, 6) is 0. The van der Waals surface area contributed by atoms with Crippen LogP contribution in [0.3, 0.4) is 0 Å². The van der Waals surface area contributed by atoms with Gasteiger partial charge in [0.25, 0.3) is 0 Å². The van der Waals surface area contributed by atoms with E-state index in [1.807, 2.05) is 42.5 Å². The van der Waals surface area contributed by atoms with E-state index in [4.69, 9.17) is 9.47 Å². The molecule has 1 saturated heterocycles. The Morgan fingerprint density at radius 2 is 1.64 bits per heavy atom. The number of unbranched alkanes of at least 4 members (excludes halogenated alkanes) is 1. The van der Waals surface area contributed by atoms with Gasteiger partial charge in [-0.15, -0.1) is 6.58 Å². The fourth-order valence-electron chi connectivity index (χ4n) is 3.75.